The minimum Gasteiger partial charge on any atom is -0.388 e. The van der Waals surface area contributed by atoms with Crippen molar-refractivity contribution in [1.29, 1.82) is 5.26 Å². The fourth-order valence-electron chi connectivity index (χ4n) is 5.55. The molecule has 1 aliphatic carbocycles. The van der Waals surface area contributed by atoms with Crippen LogP contribution in [0, 0.1) is 16.7 Å². The zero-order valence-corrected chi connectivity index (χ0v) is 23.2. The van der Waals surface area contributed by atoms with Gasteiger partial charge in [-0.15, -0.1) is 0 Å². The van der Waals surface area contributed by atoms with Crippen molar-refractivity contribution in [2.45, 2.75) is 55.0 Å². The Morgan fingerprint density at radius 1 is 1.13 bits per heavy atom. The lowest BCUT2D eigenvalue weighted by Crippen LogP contribution is -2.39. The topological polar surface area (TPSA) is 89.8 Å². The van der Waals surface area contributed by atoms with Crippen LogP contribution in [-0.2, 0) is 6.54 Å². The Morgan fingerprint density at radius 2 is 1.92 bits per heavy atom. The van der Waals surface area contributed by atoms with Crippen LogP contribution in [0.2, 0.25) is 5.02 Å². The molecule has 0 bridgehead atoms. The summed E-state index contributed by atoms with van der Waals surface area (Å²) in [7, 11) is 1.86. The normalized spacial score (nSPS) is 16.3. The van der Waals surface area contributed by atoms with Gasteiger partial charge in [0.2, 0.25) is 0 Å². The van der Waals surface area contributed by atoms with Crippen LogP contribution in [0.1, 0.15) is 55.3 Å². The molecule has 1 aliphatic heterocycles. The number of anilines is 2. The molecule has 38 heavy (non-hydrogen) atoms. The van der Waals surface area contributed by atoms with Crippen LogP contribution in [0.25, 0.3) is 5.70 Å². The number of aromatic nitrogens is 3. The molecule has 2 N–H and O–H groups in total. The molecule has 2 aromatic heterocycles. The van der Waals surface area contributed by atoms with Crippen molar-refractivity contribution in [3.63, 3.8) is 0 Å². The molecule has 9 heteroatoms. The van der Waals surface area contributed by atoms with Gasteiger partial charge >= 0.3 is 0 Å². The first-order chi connectivity index (χ1) is 18.5. The highest BCUT2D eigenvalue weighted by Gasteiger charge is 2.37. The van der Waals surface area contributed by atoms with Crippen LogP contribution in [0.4, 0.5) is 11.5 Å². The first-order valence-corrected chi connectivity index (χ1v) is 14.2. The van der Waals surface area contributed by atoms with Crippen LogP contribution < -0.4 is 15.5 Å². The van der Waals surface area contributed by atoms with Crippen LogP contribution in [0.5, 0.6) is 0 Å². The standard InChI is InChI=1S/C29H32ClN7S/c1-20(34-17-21-7-12-33-22(15-21)16-31)27-23(32-2)5-6-24(28(27)30)38-26-19-35-25(18-36-26)37-13-10-29(11-14-37)8-3-4-9-29/h5-7,12,15,18-19,32,34H,1,3-4,8-11,13-14,17H2,2H3. The number of nitriles is 1. The minimum atomic E-state index is 0.382. The molecule has 5 rings (SSSR count). The molecule has 196 valence electrons. The molecule has 0 radical (unpaired) electrons. The molecule has 1 spiro atoms. The Hall–Kier alpha value is -3.28. The van der Waals surface area contributed by atoms with E-state index in [0.717, 1.165) is 45.6 Å². The van der Waals surface area contributed by atoms with E-state index in [0.29, 0.717) is 28.4 Å². The monoisotopic (exact) mass is 545 g/mol. The summed E-state index contributed by atoms with van der Waals surface area (Å²) in [4.78, 5) is 16.7. The third-order valence-corrected chi connectivity index (χ3v) is 9.25. The predicted octanol–water partition coefficient (Wildman–Crippen LogP) is 6.51. The smallest absolute Gasteiger partial charge is 0.147 e. The van der Waals surface area contributed by atoms with E-state index in [-0.39, 0.29) is 0 Å². The van der Waals surface area contributed by atoms with Crippen molar-refractivity contribution >= 4 is 40.6 Å². The second-order valence-electron chi connectivity index (χ2n) is 10.1. The van der Waals surface area contributed by atoms with Crippen molar-refractivity contribution in [3.8, 4) is 6.07 Å². The summed E-state index contributed by atoms with van der Waals surface area (Å²) in [6.45, 7) is 6.86. The summed E-state index contributed by atoms with van der Waals surface area (Å²) in [6.07, 6.45) is 13.5. The average Bonchev–Trinajstić information content (AvgIpc) is 3.41. The number of nitrogens with zero attached hydrogens (tertiary/aromatic N) is 5. The van der Waals surface area contributed by atoms with E-state index in [4.69, 9.17) is 26.8 Å². The number of hydrogen-bond acceptors (Lipinski definition) is 8. The number of nitrogens with one attached hydrogen (secondary N) is 2. The number of piperidine rings is 1. The molecule has 0 unspecified atom stereocenters. The highest BCUT2D eigenvalue weighted by molar-refractivity contribution is 7.99. The molecule has 2 aliphatic rings. The minimum absolute atomic E-state index is 0.382. The molecule has 1 saturated heterocycles. The zero-order chi connectivity index (χ0) is 26.5. The van der Waals surface area contributed by atoms with Crippen molar-refractivity contribution in [2.24, 2.45) is 5.41 Å². The quantitative estimate of drug-likeness (QED) is 0.331. The molecule has 2 fully saturated rings. The lowest BCUT2D eigenvalue weighted by molar-refractivity contribution is 0.226. The van der Waals surface area contributed by atoms with E-state index in [1.807, 2.05) is 37.6 Å². The molecular weight excluding hydrogens is 514 g/mol. The Labute approximate surface area is 233 Å². The Balaban J connectivity index is 1.26. The lowest BCUT2D eigenvalue weighted by atomic mass is 9.77. The summed E-state index contributed by atoms with van der Waals surface area (Å²) in [5.74, 6) is 0.952. The number of halogens is 1. The third kappa shape index (κ3) is 5.74. The summed E-state index contributed by atoms with van der Waals surface area (Å²) in [5.41, 5.74) is 4.26. The van der Waals surface area contributed by atoms with Crippen molar-refractivity contribution < 1.29 is 0 Å². The van der Waals surface area contributed by atoms with Gasteiger partial charge in [0.1, 0.15) is 22.6 Å². The van der Waals surface area contributed by atoms with Gasteiger partial charge in [-0.25, -0.2) is 15.0 Å². The maximum absolute atomic E-state index is 9.10. The maximum atomic E-state index is 9.10. The van der Waals surface area contributed by atoms with Crippen molar-refractivity contribution in [1.82, 2.24) is 20.3 Å². The maximum Gasteiger partial charge on any atom is 0.147 e. The van der Waals surface area contributed by atoms with Gasteiger partial charge in [-0.05, 0) is 60.9 Å². The largest absolute Gasteiger partial charge is 0.388 e. The fourth-order valence-corrected chi connectivity index (χ4v) is 6.71. The molecule has 3 aromatic rings. The van der Waals surface area contributed by atoms with Gasteiger partial charge in [-0.1, -0.05) is 42.8 Å². The molecule has 7 nitrogen and oxygen atoms in total. The van der Waals surface area contributed by atoms with Crippen LogP contribution in [0.3, 0.4) is 0 Å². The van der Waals surface area contributed by atoms with E-state index in [1.54, 1.807) is 12.3 Å². The van der Waals surface area contributed by atoms with Crippen LogP contribution in [-0.4, -0.2) is 35.1 Å². The SMILES string of the molecule is C=C(NCc1ccnc(C#N)c1)c1c(NC)ccc(Sc2cnc(N3CCC4(CCCC4)CC3)cn2)c1Cl. The number of pyridine rings is 1. The van der Waals surface area contributed by atoms with E-state index in [9.17, 15) is 0 Å². The van der Waals surface area contributed by atoms with E-state index < -0.39 is 0 Å². The summed E-state index contributed by atoms with van der Waals surface area (Å²) >= 11 is 8.40. The Morgan fingerprint density at radius 3 is 2.61 bits per heavy atom. The van der Waals surface area contributed by atoms with Gasteiger partial charge in [0.05, 0.1) is 17.4 Å². The highest BCUT2D eigenvalue weighted by Crippen LogP contribution is 2.46. The van der Waals surface area contributed by atoms with Crippen LogP contribution >= 0.6 is 23.4 Å². The van der Waals surface area contributed by atoms with Crippen LogP contribution in [0.15, 0.2) is 59.4 Å². The molecule has 0 amide bonds. The highest BCUT2D eigenvalue weighted by atomic mass is 35.5. The molecule has 3 heterocycles. The molecular formula is C29H32ClN7S. The summed E-state index contributed by atoms with van der Waals surface area (Å²) in [6, 6.07) is 9.67. The lowest BCUT2D eigenvalue weighted by Gasteiger charge is -2.39. The van der Waals surface area contributed by atoms with Crippen molar-refractivity contribution in [2.75, 3.05) is 30.4 Å². The Kier molecular flexibility index (Phi) is 8.06. The van der Waals surface area contributed by atoms with Gasteiger partial charge in [-0.3, -0.25) is 0 Å². The predicted molar refractivity (Wildman–Crippen MR) is 154 cm³/mol. The fraction of sp³-hybridized carbons (Fsp3) is 0.379. The molecule has 0 atom stereocenters. The van der Waals surface area contributed by atoms with Crippen molar-refractivity contribution in [3.05, 3.63) is 71.3 Å². The summed E-state index contributed by atoms with van der Waals surface area (Å²) < 4.78 is 0. The second kappa shape index (κ2) is 11.6. The number of benzene rings is 1. The van der Waals surface area contributed by atoms with E-state index in [2.05, 4.69) is 33.2 Å². The van der Waals surface area contributed by atoms with Gasteiger partial charge in [0.15, 0.2) is 0 Å². The third-order valence-electron chi connectivity index (χ3n) is 7.76. The molecule has 1 saturated carbocycles. The Bertz CT molecular complexity index is 1340. The first kappa shape index (κ1) is 26.3. The second-order valence-corrected chi connectivity index (χ2v) is 11.5. The van der Waals surface area contributed by atoms with E-state index in [1.165, 1.54) is 50.3 Å². The average molecular weight is 546 g/mol. The number of hydrogen-bond donors (Lipinski definition) is 2. The van der Waals surface area contributed by atoms with Gasteiger partial charge in [0, 0.05) is 54.7 Å². The van der Waals surface area contributed by atoms with Gasteiger partial charge in [-0.2, -0.15) is 5.26 Å². The zero-order valence-electron chi connectivity index (χ0n) is 21.6. The van der Waals surface area contributed by atoms with Gasteiger partial charge in [0.25, 0.3) is 0 Å². The number of rotatable bonds is 8. The first-order valence-electron chi connectivity index (χ1n) is 13.0. The van der Waals surface area contributed by atoms with E-state index >= 15 is 0 Å². The van der Waals surface area contributed by atoms with Gasteiger partial charge < -0.3 is 15.5 Å². The summed E-state index contributed by atoms with van der Waals surface area (Å²) in [5, 5.41) is 17.0. The molecule has 1 aromatic carbocycles.